The van der Waals surface area contributed by atoms with E-state index in [9.17, 15) is 8.78 Å². The molecule has 0 saturated heterocycles. The van der Waals surface area contributed by atoms with E-state index in [2.05, 4.69) is 45.0 Å². The minimum atomic E-state index is -0.930. The third-order valence-electron chi connectivity index (χ3n) is 4.91. The Hall–Kier alpha value is -2.47. The average Bonchev–Trinajstić information content (AvgIpc) is 3.04. The molecule has 2 aromatic rings. The van der Waals surface area contributed by atoms with Crippen LogP contribution in [0, 0.1) is 18.6 Å². The molecule has 6 heteroatoms. The Bertz CT molecular complexity index is 1050. The minimum Gasteiger partial charge on any atom is -0.287 e. The number of aryl methyl sites for hydroxylation is 1. The van der Waals surface area contributed by atoms with Gasteiger partial charge in [0, 0.05) is 10.7 Å². The van der Waals surface area contributed by atoms with Gasteiger partial charge in [0.1, 0.15) is 5.71 Å². The summed E-state index contributed by atoms with van der Waals surface area (Å²) in [7, 11) is 0. The third kappa shape index (κ3) is 3.87. The van der Waals surface area contributed by atoms with Crippen molar-refractivity contribution in [2.75, 3.05) is 0 Å². The van der Waals surface area contributed by atoms with E-state index in [4.69, 9.17) is 4.99 Å². The predicted octanol–water partition coefficient (Wildman–Crippen LogP) is 5.60. The fourth-order valence-corrected chi connectivity index (χ4v) is 3.85. The molecule has 1 atom stereocenters. The lowest BCUT2D eigenvalue weighted by Gasteiger charge is -2.15. The monoisotopic (exact) mass is 441 g/mol. The van der Waals surface area contributed by atoms with E-state index in [1.807, 2.05) is 12.1 Å². The number of fused-ring (bicyclic) bond motifs is 1. The SMILES string of the molecule is Cc1cc(Br)ccc1CC1CC/C=C2/N=C(c3cccc(F)c3F)N=C2C=N1. The first kappa shape index (κ1) is 18.9. The van der Waals surface area contributed by atoms with Crippen molar-refractivity contribution < 1.29 is 8.78 Å². The molecule has 0 radical (unpaired) electrons. The number of hydrogen-bond donors (Lipinski definition) is 0. The molecule has 2 heterocycles. The van der Waals surface area contributed by atoms with Crippen molar-refractivity contribution in [2.45, 2.75) is 32.2 Å². The molecule has 28 heavy (non-hydrogen) atoms. The fourth-order valence-electron chi connectivity index (χ4n) is 3.37. The summed E-state index contributed by atoms with van der Waals surface area (Å²) in [4.78, 5) is 13.5. The maximum Gasteiger partial charge on any atom is 0.169 e. The number of nitrogens with zero attached hydrogens (tertiary/aromatic N) is 3. The Morgan fingerprint density at radius 1 is 1.14 bits per heavy atom. The molecule has 0 saturated carbocycles. The first-order chi connectivity index (χ1) is 13.5. The van der Waals surface area contributed by atoms with E-state index in [1.54, 1.807) is 6.21 Å². The lowest BCUT2D eigenvalue weighted by atomic mass is 9.97. The Morgan fingerprint density at radius 2 is 2.00 bits per heavy atom. The molecule has 0 N–H and O–H groups in total. The molecule has 142 valence electrons. The van der Waals surface area contributed by atoms with Crippen LogP contribution in [0.4, 0.5) is 8.78 Å². The van der Waals surface area contributed by atoms with E-state index < -0.39 is 11.6 Å². The van der Waals surface area contributed by atoms with Crippen LogP contribution in [0.25, 0.3) is 0 Å². The van der Waals surface area contributed by atoms with Gasteiger partial charge in [0.2, 0.25) is 0 Å². The molecule has 2 aromatic carbocycles. The molecule has 4 rings (SSSR count). The number of benzene rings is 2. The van der Waals surface area contributed by atoms with Gasteiger partial charge in [-0.2, -0.15) is 0 Å². The molecule has 0 fully saturated rings. The molecular formula is C22H18BrF2N3. The molecule has 0 aliphatic carbocycles. The first-order valence-electron chi connectivity index (χ1n) is 9.12. The first-order valence-corrected chi connectivity index (χ1v) is 9.91. The van der Waals surface area contributed by atoms with Gasteiger partial charge in [0.15, 0.2) is 17.5 Å². The molecule has 2 aliphatic rings. The van der Waals surface area contributed by atoms with Crippen molar-refractivity contribution in [1.82, 2.24) is 0 Å². The summed E-state index contributed by atoms with van der Waals surface area (Å²) in [5.41, 5.74) is 3.82. The van der Waals surface area contributed by atoms with Crippen LogP contribution in [0.5, 0.6) is 0 Å². The largest absolute Gasteiger partial charge is 0.287 e. The van der Waals surface area contributed by atoms with Crippen LogP contribution < -0.4 is 0 Å². The van der Waals surface area contributed by atoms with Crippen LogP contribution in [0.1, 0.15) is 29.5 Å². The van der Waals surface area contributed by atoms with Crippen LogP contribution in [-0.2, 0) is 6.42 Å². The Balaban J connectivity index is 1.57. The van der Waals surface area contributed by atoms with Gasteiger partial charge in [0.25, 0.3) is 0 Å². The highest BCUT2D eigenvalue weighted by Crippen LogP contribution is 2.23. The molecule has 1 unspecified atom stereocenters. The summed E-state index contributed by atoms with van der Waals surface area (Å²) in [6.45, 7) is 2.10. The van der Waals surface area contributed by atoms with Crippen LogP contribution in [0.15, 0.2) is 67.6 Å². The maximum absolute atomic E-state index is 14.1. The van der Waals surface area contributed by atoms with Crippen molar-refractivity contribution in [3.05, 3.63) is 81.0 Å². The Labute approximate surface area is 170 Å². The summed E-state index contributed by atoms with van der Waals surface area (Å²) in [5, 5.41) is 0. The van der Waals surface area contributed by atoms with Crippen LogP contribution >= 0.6 is 15.9 Å². The number of halogens is 3. The van der Waals surface area contributed by atoms with Gasteiger partial charge in [-0.15, -0.1) is 0 Å². The van der Waals surface area contributed by atoms with Gasteiger partial charge >= 0.3 is 0 Å². The number of rotatable bonds is 3. The van der Waals surface area contributed by atoms with Gasteiger partial charge in [-0.05, 0) is 61.6 Å². The summed E-state index contributed by atoms with van der Waals surface area (Å²) >= 11 is 3.49. The zero-order chi connectivity index (χ0) is 19.7. The van der Waals surface area contributed by atoms with Crippen molar-refractivity contribution >= 4 is 33.7 Å². The highest BCUT2D eigenvalue weighted by Gasteiger charge is 2.22. The number of aliphatic imine (C=N–C) groups is 3. The van der Waals surface area contributed by atoms with Gasteiger partial charge in [0.05, 0.1) is 17.3 Å². The third-order valence-corrected chi connectivity index (χ3v) is 5.41. The van der Waals surface area contributed by atoms with E-state index >= 15 is 0 Å². The van der Waals surface area contributed by atoms with Crippen molar-refractivity contribution in [2.24, 2.45) is 15.0 Å². The van der Waals surface area contributed by atoms with Crippen molar-refractivity contribution in [3.63, 3.8) is 0 Å². The van der Waals surface area contributed by atoms with Gasteiger partial charge in [-0.1, -0.05) is 34.1 Å². The smallest absolute Gasteiger partial charge is 0.169 e. The zero-order valence-corrected chi connectivity index (χ0v) is 16.9. The maximum atomic E-state index is 14.1. The van der Waals surface area contributed by atoms with Crippen LogP contribution in [0.3, 0.4) is 0 Å². The summed E-state index contributed by atoms with van der Waals surface area (Å²) < 4.78 is 28.7. The van der Waals surface area contributed by atoms with Gasteiger partial charge in [-0.25, -0.2) is 18.8 Å². The van der Waals surface area contributed by atoms with Gasteiger partial charge in [-0.3, -0.25) is 4.99 Å². The second-order valence-electron chi connectivity index (χ2n) is 6.91. The Morgan fingerprint density at radius 3 is 2.82 bits per heavy atom. The predicted molar refractivity (Wildman–Crippen MR) is 113 cm³/mol. The molecular weight excluding hydrogens is 424 g/mol. The molecule has 0 bridgehead atoms. The lowest BCUT2D eigenvalue weighted by Crippen LogP contribution is -2.14. The number of allylic oxidation sites excluding steroid dienone is 2. The number of hydrogen-bond acceptors (Lipinski definition) is 3. The minimum absolute atomic E-state index is 0.0654. The van der Waals surface area contributed by atoms with Crippen molar-refractivity contribution in [3.8, 4) is 0 Å². The summed E-state index contributed by atoms with van der Waals surface area (Å²) in [5.74, 6) is -1.65. The molecule has 0 aromatic heterocycles. The second-order valence-corrected chi connectivity index (χ2v) is 7.82. The standard InChI is InChI=1S/C22H18BrF2N3/c1-13-10-15(23)9-8-14(13)11-16-4-2-7-19-20(12-26-16)28-22(27-19)17-5-3-6-18(24)21(17)25/h3,5-10,12,16H,2,4,11H2,1H3/b19-7+,26-12?. The molecule has 3 nitrogen and oxygen atoms in total. The van der Waals surface area contributed by atoms with Gasteiger partial charge < -0.3 is 0 Å². The van der Waals surface area contributed by atoms with E-state index in [0.29, 0.717) is 11.4 Å². The summed E-state index contributed by atoms with van der Waals surface area (Å²) in [6, 6.07) is 10.4. The highest BCUT2D eigenvalue weighted by molar-refractivity contribution is 9.10. The van der Waals surface area contributed by atoms with E-state index in [1.165, 1.54) is 23.3 Å². The second kappa shape index (κ2) is 7.87. The molecule has 2 aliphatic heterocycles. The fraction of sp³-hybridized carbons (Fsp3) is 0.227. The molecule has 0 amide bonds. The summed E-state index contributed by atoms with van der Waals surface area (Å²) in [6.07, 6.45) is 6.24. The van der Waals surface area contributed by atoms with Crippen LogP contribution in [0.2, 0.25) is 0 Å². The average molecular weight is 442 g/mol. The Kier molecular flexibility index (Phi) is 5.31. The normalized spacial score (nSPS) is 20.6. The lowest BCUT2D eigenvalue weighted by molar-refractivity contribution is 0.507. The van der Waals surface area contributed by atoms with Crippen LogP contribution in [-0.4, -0.2) is 23.8 Å². The molecule has 0 spiro atoms. The van der Waals surface area contributed by atoms with E-state index in [-0.39, 0.29) is 17.4 Å². The zero-order valence-electron chi connectivity index (χ0n) is 15.3. The number of amidine groups is 1. The quantitative estimate of drug-likeness (QED) is 0.594. The van der Waals surface area contributed by atoms with E-state index in [0.717, 1.165) is 29.8 Å². The highest BCUT2D eigenvalue weighted by atomic mass is 79.9. The topological polar surface area (TPSA) is 37.1 Å². The van der Waals surface area contributed by atoms with Crippen molar-refractivity contribution in [1.29, 1.82) is 0 Å².